The molecule has 0 saturated carbocycles. The monoisotopic (exact) mass is 372 g/mol. The van der Waals surface area contributed by atoms with Crippen molar-refractivity contribution < 1.29 is 17.9 Å². The first-order chi connectivity index (χ1) is 12.3. The lowest BCUT2D eigenvalue weighted by molar-refractivity contribution is 0.0827. The molecule has 2 heterocycles. The molecule has 3 atom stereocenters. The molecule has 2 aliphatic heterocycles. The number of carbonyl (C=O) groups excluding carboxylic acids is 1. The van der Waals surface area contributed by atoms with Crippen LogP contribution in [-0.4, -0.2) is 20.8 Å². The van der Waals surface area contributed by atoms with Crippen LogP contribution in [0.1, 0.15) is 47.0 Å². The SMILES string of the molecule is CC(=O)c1cccc(C2Nc3ccc(S(N)(=O)=O)cc3C3OCC[C@@H]23)c1. The van der Waals surface area contributed by atoms with E-state index in [-0.39, 0.29) is 28.7 Å². The van der Waals surface area contributed by atoms with Gasteiger partial charge in [-0.3, -0.25) is 4.79 Å². The van der Waals surface area contributed by atoms with Crippen LogP contribution in [0.5, 0.6) is 0 Å². The highest BCUT2D eigenvalue weighted by molar-refractivity contribution is 7.89. The van der Waals surface area contributed by atoms with Crippen molar-refractivity contribution in [3.63, 3.8) is 0 Å². The minimum absolute atomic E-state index is 0.00497. The van der Waals surface area contributed by atoms with Crippen LogP contribution in [0.4, 0.5) is 5.69 Å². The molecule has 0 amide bonds. The predicted molar refractivity (Wildman–Crippen MR) is 97.4 cm³/mol. The number of fused-ring (bicyclic) bond motifs is 3. The van der Waals surface area contributed by atoms with Crippen LogP contribution in [0, 0.1) is 5.92 Å². The molecule has 2 aromatic rings. The van der Waals surface area contributed by atoms with Crippen molar-refractivity contribution in [1.82, 2.24) is 0 Å². The summed E-state index contributed by atoms with van der Waals surface area (Å²) in [5, 5.41) is 8.77. The number of sulfonamides is 1. The Labute approximate surface area is 152 Å². The summed E-state index contributed by atoms with van der Waals surface area (Å²) in [6, 6.07) is 12.4. The maximum atomic E-state index is 11.7. The number of anilines is 1. The number of rotatable bonds is 3. The average Bonchev–Trinajstić information content (AvgIpc) is 3.10. The minimum atomic E-state index is -3.77. The molecule has 6 nitrogen and oxygen atoms in total. The highest BCUT2D eigenvalue weighted by Gasteiger charge is 2.41. The van der Waals surface area contributed by atoms with E-state index in [0.29, 0.717) is 12.2 Å². The normalized spacial score (nSPS) is 24.5. The van der Waals surface area contributed by atoms with Gasteiger partial charge in [0.2, 0.25) is 10.0 Å². The summed E-state index contributed by atoms with van der Waals surface area (Å²) >= 11 is 0. The van der Waals surface area contributed by atoms with Crippen LogP contribution < -0.4 is 10.5 Å². The number of Topliss-reactive ketones (excluding diaryl/α,β-unsaturated/α-hetero) is 1. The van der Waals surface area contributed by atoms with E-state index in [1.807, 2.05) is 24.3 Å². The maximum Gasteiger partial charge on any atom is 0.238 e. The van der Waals surface area contributed by atoms with E-state index in [1.165, 1.54) is 6.07 Å². The first-order valence-corrected chi connectivity index (χ1v) is 10.0. The van der Waals surface area contributed by atoms with Crippen LogP contribution in [0.25, 0.3) is 0 Å². The van der Waals surface area contributed by atoms with Gasteiger partial charge in [-0.25, -0.2) is 13.6 Å². The van der Waals surface area contributed by atoms with Gasteiger partial charge in [-0.2, -0.15) is 0 Å². The third-order valence-corrected chi connectivity index (χ3v) is 6.10. The highest BCUT2D eigenvalue weighted by Crippen LogP contribution is 2.50. The van der Waals surface area contributed by atoms with Gasteiger partial charge in [-0.05, 0) is 43.2 Å². The fraction of sp³-hybridized carbons (Fsp3) is 0.316. The topological polar surface area (TPSA) is 98.5 Å². The number of ether oxygens (including phenoxy) is 1. The Bertz CT molecular complexity index is 987. The fourth-order valence-corrected chi connectivity index (χ4v) is 4.46. The highest BCUT2D eigenvalue weighted by atomic mass is 32.2. The van der Waals surface area contributed by atoms with Crippen LogP contribution in [0.3, 0.4) is 0 Å². The zero-order valence-electron chi connectivity index (χ0n) is 14.3. The Morgan fingerprint density at radius 1 is 1.23 bits per heavy atom. The molecule has 136 valence electrons. The molecule has 4 rings (SSSR count). The molecule has 2 unspecified atom stereocenters. The summed E-state index contributed by atoms with van der Waals surface area (Å²) in [5.41, 5.74) is 3.35. The molecular formula is C19H20N2O4S. The molecule has 2 aliphatic rings. The van der Waals surface area contributed by atoms with E-state index in [0.717, 1.165) is 23.2 Å². The molecule has 0 aromatic heterocycles. The van der Waals surface area contributed by atoms with Crippen molar-refractivity contribution >= 4 is 21.5 Å². The van der Waals surface area contributed by atoms with Crippen LogP contribution >= 0.6 is 0 Å². The number of primary sulfonamides is 1. The minimum Gasteiger partial charge on any atom is -0.378 e. The second kappa shape index (κ2) is 6.19. The van der Waals surface area contributed by atoms with Crippen molar-refractivity contribution in [2.45, 2.75) is 30.4 Å². The summed E-state index contributed by atoms with van der Waals surface area (Å²) in [7, 11) is -3.77. The first-order valence-electron chi connectivity index (χ1n) is 8.50. The van der Waals surface area contributed by atoms with Crippen molar-refractivity contribution in [3.05, 3.63) is 59.2 Å². The average molecular weight is 372 g/mol. The van der Waals surface area contributed by atoms with Crippen molar-refractivity contribution in [1.29, 1.82) is 0 Å². The van der Waals surface area contributed by atoms with E-state index >= 15 is 0 Å². The van der Waals surface area contributed by atoms with Crippen molar-refractivity contribution in [2.75, 3.05) is 11.9 Å². The Balaban J connectivity index is 1.77. The number of hydrogen-bond donors (Lipinski definition) is 2. The molecule has 1 fully saturated rings. The number of nitrogens with two attached hydrogens (primary N) is 1. The van der Waals surface area contributed by atoms with Gasteiger partial charge < -0.3 is 10.1 Å². The van der Waals surface area contributed by atoms with E-state index in [1.54, 1.807) is 19.1 Å². The third-order valence-electron chi connectivity index (χ3n) is 5.19. The number of ketones is 1. The van der Waals surface area contributed by atoms with E-state index in [4.69, 9.17) is 9.88 Å². The second-order valence-electron chi connectivity index (χ2n) is 6.84. The molecule has 0 aliphatic carbocycles. The van der Waals surface area contributed by atoms with E-state index < -0.39 is 10.0 Å². The molecule has 26 heavy (non-hydrogen) atoms. The lowest BCUT2D eigenvalue weighted by Gasteiger charge is -2.36. The lowest BCUT2D eigenvalue weighted by Crippen LogP contribution is -2.29. The Morgan fingerprint density at radius 2 is 2.04 bits per heavy atom. The molecule has 7 heteroatoms. The molecule has 0 bridgehead atoms. The second-order valence-corrected chi connectivity index (χ2v) is 8.40. The van der Waals surface area contributed by atoms with Gasteiger partial charge in [0.1, 0.15) is 0 Å². The van der Waals surface area contributed by atoms with E-state index in [9.17, 15) is 13.2 Å². The summed E-state index contributed by atoms with van der Waals surface area (Å²) in [5.74, 6) is 0.181. The maximum absolute atomic E-state index is 11.7. The zero-order valence-corrected chi connectivity index (χ0v) is 15.1. The number of nitrogens with one attached hydrogen (secondary N) is 1. The van der Waals surface area contributed by atoms with Crippen LogP contribution in [-0.2, 0) is 14.8 Å². The number of hydrogen-bond acceptors (Lipinski definition) is 5. The van der Waals surface area contributed by atoms with Gasteiger partial charge in [0.25, 0.3) is 0 Å². The zero-order chi connectivity index (χ0) is 18.5. The summed E-state index contributed by atoms with van der Waals surface area (Å²) < 4.78 is 29.3. The van der Waals surface area contributed by atoms with Crippen LogP contribution in [0.15, 0.2) is 47.4 Å². The van der Waals surface area contributed by atoms with Gasteiger partial charge in [-0.1, -0.05) is 18.2 Å². The quantitative estimate of drug-likeness (QED) is 0.807. The largest absolute Gasteiger partial charge is 0.378 e. The Hall–Kier alpha value is -2.22. The lowest BCUT2D eigenvalue weighted by atomic mass is 9.80. The van der Waals surface area contributed by atoms with Crippen LogP contribution in [0.2, 0.25) is 0 Å². The summed E-state index contributed by atoms with van der Waals surface area (Å²) in [6.07, 6.45) is 0.657. The van der Waals surface area contributed by atoms with Gasteiger partial charge in [0.05, 0.1) is 17.0 Å². The van der Waals surface area contributed by atoms with Gasteiger partial charge >= 0.3 is 0 Å². The Morgan fingerprint density at radius 3 is 2.77 bits per heavy atom. The predicted octanol–water partition coefficient (Wildman–Crippen LogP) is 2.78. The van der Waals surface area contributed by atoms with Gasteiger partial charge in [-0.15, -0.1) is 0 Å². The summed E-state index contributed by atoms with van der Waals surface area (Å²) in [4.78, 5) is 11.8. The number of benzene rings is 2. The molecule has 0 spiro atoms. The first kappa shape index (κ1) is 17.2. The number of carbonyl (C=O) groups is 1. The van der Waals surface area contributed by atoms with Crippen molar-refractivity contribution in [2.24, 2.45) is 11.1 Å². The molecule has 2 aromatic carbocycles. The molecule has 0 radical (unpaired) electrons. The van der Waals surface area contributed by atoms with E-state index in [2.05, 4.69) is 5.32 Å². The standard InChI is InChI=1S/C19H20N2O4S/c1-11(22)12-3-2-4-13(9-12)18-15-7-8-25-19(15)16-10-14(26(20,23)24)5-6-17(16)21-18/h2-6,9-10,15,18-19,21H,7-8H2,1H3,(H2,20,23,24)/t15-,18?,19?/m0/s1. The molecular weight excluding hydrogens is 352 g/mol. The van der Waals surface area contributed by atoms with Crippen molar-refractivity contribution in [3.8, 4) is 0 Å². The fourth-order valence-electron chi connectivity index (χ4n) is 3.91. The molecule has 1 saturated heterocycles. The van der Waals surface area contributed by atoms with Gasteiger partial charge in [0.15, 0.2) is 5.78 Å². The third kappa shape index (κ3) is 2.92. The van der Waals surface area contributed by atoms with Gasteiger partial charge in [0, 0.05) is 29.3 Å². The molecule has 3 N–H and O–H groups in total. The smallest absolute Gasteiger partial charge is 0.238 e. The Kier molecular flexibility index (Phi) is 4.10. The summed E-state index contributed by atoms with van der Waals surface area (Å²) in [6.45, 7) is 2.16.